The van der Waals surface area contributed by atoms with Gasteiger partial charge in [0.1, 0.15) is 0 Å². The van der Waals surface area contributed by atoms with Crippen LogP contribution in [0.15, 0.2) is 0 Å². The molecule has 1 saturated heterocycles. The minimum absolute atomic E-state index is 0.400. The first kappa shape index (κ1) is 16.7. The molecule has 3 atom stereocenters. The number of hydrogen-bond donors (Lipinski definition) is 2. The van der Waals surface area contributed by atoms with Crippen LogP contribution in [-0.2, 0) is 19.6 Å². The third kappa shape index (κ3) is 4.40. The Bertz CT molecular complexity index is 446. The maximum absolute atomic E-state index is 12.5. The molecule has 21 heavy (non-hydrogen) atoms. The van der Waals surface area contributed by atoms with Crippen molar-refractivity contribution in [2.24, 2.45) is 5.92 Å². The van der Waals surface area contributed by atoms with E-state index in [2.05, 4.69) is 10.0 Å². The summed E-state index contributed by atoms with van der Waals surface area (Å²) in [6, 6.07) is 0.412. The average molecular weight is 318 g/mol. The van der Waals surface area contributed by atoms with Crippen LogP contribution >= 0.6 is 0 Å². The van der Waals surface area contributed by atoms with Gasteiger partial charge in [-0.2, -0.15) is 0 Å². The van der Waals surface area contributed by atoms with Crippen molar-refractivity contribution in [3.8, 4) is 0 Å². The molecule has 0 amide bonds. The first-order chi connectivity index (χ1) is 10.0. The summed E-state index contributed by atoms with van der Waals surface area (Å²) in [5, 5.41) is 2.71. The zero-order valence-electron chi connectivity index (χ0n) is 12.6. The summed E-state index contributed by atoms with van der Waals surface area (Å²) < 4.78 is 32.4. The zero-order valence-corrected chi connectivity index (χ0v) is 13.5. The molecule has 0 bridgehead atoms. The lowest BCUT2D eigenvalue weighted by Crippen LogP contribution is -2.44. The highest BCUT2D eigenvalue weighted by atomic mass is 32.2. The maximum atomic E-state index is 12.5. The van der Waals surface area contributed by atoms with Crippen LogP contribution in [0, 0.1) is 5.92 Å². The van der Waals surface area contributed by atoms with Crippen molar-refractivity contribution in [1.29, 1.82) is 0 Å². The monoisotopic (exact) mass is 318 g/mol. The van der Waals surface area contributed by atoms with E-state index in [1.165, 1.54) is 7.11 Å². The fraction of sp³-hybridized carbons (Fsp3) is 0.929. The van der Waals surface area contributed by atoms with Crippen LogP contribution < -0.4 is 10.0 Å². The van der Waals surface area contributed by atoms with Gasteiger partial charge in [-0.25, -0.2) is 13.1 Å². The van der Waals surface area contributed by atoms with Crippen molar-refractivity contribution in [3.63, 3.8) is 0 Å². The van der Waals surface area contributed by atoms with Crippen molar-refractivity contribution in [2.75, 3.05) is 20.2 Å². The lowest BCUT2D eigenvalue weighted by Gasteiger charge is -2.29. The van der Waals surface area contributed by atoms with E-state index in [1.54, 1.807) is 0 Å². The predicted octanol–water partition coefficient (Wildman–Crippen LogP) is 0.780. The molecular weight excluding hydrogens is 292 g/mol. The molecule has 0 aromatic heterocycles. The second-order valence-electron chi connectivity index (χ2n) is 5.97. The van der Waals surface area contributed by atoms with Gasteiger partial charge >= 0.3 is 5.97 Å². The normalized spacial score (nSPS) is 30.2. The van der Waals surface area contributed by atoms with Crippen LogP contribution in [0.25, 0.3) is 0 Å². The summed E-state index contributed by atoms with van der Waals surface area (Å²) in [7, 11) is -2.14. The van der Waals surface area contributed by atoms with Gasteiger partial charge in [0.05, 0.1) is 18.3 Å². The standard InChI is InChI=1S/C14H26N2O4S/c1-20-14(17)12-6-2-3-7-13(12)21(18,19)16-10-8-11-5-4-9-15-11/h11-13,15-16H,2-10H2,1H3/t11-,12?,13?/m1/s1. The van der Waals surface area contributed by atoms with Crippen molar-refractivity contribution < 1.29 is 17.9 Å². The van der Waals surface area contributed by atoms with E-state index in [0.717, 1.165) is 38.6 Å². The Balaban J connectivity index is 1.90. The van der Waals surface area contributed by atoms with Crippen LogP contribution in [0.3, 0.4) is 0 Å². The molecule has 1 heterocycles. The minimum Gasteiger partial charge on any atom is -0.469 e. The number of rotatable bonds is 6. The predicted molar refractivity (Wildman–Crippen MR) is 80.3 cm³/mol. The van der Waals surface area contributed by atoms with Gasteiger partial charge in [0.2, 0.25) is 10.0 Å². The number of nitrogens with one attached hydrogen (secondary N) is 2. The molecule has 2 N–H and O–H groups in total. The van der Waals surface area contributed by atoms with Crippen molar-refractivity contribution >= 4 is 16.0 Å². The van der Waals surface area contributed by atoms with E-state index in [9.17, 15) is 13.2 Å². The molecule has 6 nitrogen and oxygen atoms in total. The number of sulfonamides is 1. The molecule has 122 valence electrons. The highest BCUT2D eigenvalue weighted by Crippen LogP contribution is 2.30. The Morgan fingerprint density at radius 1 is 1.24 bits per heavy atom. The second kappa shape index (κ2) is 7.56. The van der Waals surface area contributed by atoms with Gasteiger partial charge in [-0.1, -0.05) is 12.8 Å². The Morgan fingerprint density at radius 2 is 2.00 bits per heavy atom. The van der Waals surface area contributed by atoms with Gasteiger partial charge in [0.15, 0.2) is 0 Å². The van der Waals surface area contributed by atoms with Gasteiger partial charge in [0.25, 0.3) is 0 Å². The minimum atomic E-state index is -3.46. The Kier molecular flexibility index (Phi) is 6.01. The van der Waals surface area contributed by atoms with Crippen LogP contribution in [0.2, 0.25) is 0 Å². The molecule has 2 fully saturated rings. The number of methoxy groups -OCH3 is 1. The molecule has 2 aliphatic rings. The average Bonchev–Trinajstić information content (AvgIpc) is 2.99. The summed E-state index contributed by atoms with van der Waals surface area (Å²) in [4.78, 5) is 11.8. The second-order valence-corrected chi connectivity index (χ2v) is 7.96. The smallest absolute Gasteiger partial charge is 0.310 e. The number of carbonyl (C=O) groups is 1. The first-order valence-corrected chi connectivity index (χ1v) is 9.39. The van der Waals surface area contributed by atoms with Crippen molar-refractivity contribution in [2.45, 2.75) is 56.2 Å². The summed E-state index contributed by atoms with van der Waals surface area (Å²) in [5.74, 6) is -0.923. The van der Waals surface area contributed by atoms with Crippen molar-refractivity contribution in [1.82, 2.24) is 10.0 Å². The van der Waals surface area contributed by atoms with E-state index in [1.807, 2.05) is 0 Å². The first-order valence-electron chi connectivity index (χ1n) is 7.84. The van der Waals surface area contributed by atoms with E-state index >= 15 is 0 Å². The molecule has 0 spiro atoms. The quantitative estimate of drug-likeness (QED) is 0.707. The van der Waals surface area contributed by atoms with E-state index < -0.39 is 27.2 Å². The Morgan fingerprint density at radius 3 is 2.67 bits per heavy atom. The molecule has 2 rings (SSSR count). The van der Waals surface area contributed by atoms with Crippen molar-refractivity contribution in [3.05, 3.63) is 0 Å². The molecular formula is C14H26N2O4S. The highest BCUT2D eigenvalue weighted by Gasteiger charge is 2.40. The van der Waals surface area contributed by atoms with Gasteiger partial charge in [-0.3, -0.25) is 4.79 Å². The number of carbonyl (C=O) groups excluding carboxylic acids is 1. The fourth-order valence-corrected chi connectivity index (χ4v) is 5.15. The molecule has 1 aliphatic carbocycles. The fourth-order valence-electron chi connectivity index (χ4n) is 3.37. The third-order valence-electron chi connectivity index (χ3n) is 4.56. The van der Waals surface area contributed by atoms with Crippen LogP contribution in [-0.4, -0.2) is 45.9 Å². The van der Waals surface area contributed by atoms with Gasteiger partial charge < -0.3 is 10.1 Å². The van der Waals surface area contributed by atoms with Crippen LogP contribution in [0.4, 0.5) is 0 Å². The topological polar surface area (TPSA) is 84.5 Å². The largest absolute Gasteiger partial charge is 0.469 e. The third-order valence-corrected chi connectivity index (χ3v) is 6.53. The summed E-state index contributed by atoms with van der Waals surface area (Å²) in [5.41, 5.74) is 0. The van der Waals surface area contributed by atoms with Gasteiger partial charge in [-0.05, 0) is 38.6 Å². The summed E-state index contributed by atoms with van der Waals surface area (Å²) >= 11 is 0. The highest BCUT2D eigenvalue weighted by molar-refractivity contribution is 7.90. The molecule has 2 unspecified atom stereocenters. The molecule has 7 heteroatoms. The van der Waals surface area contributed by atoms with Gasteiger partial charge in [0, 0.05) is 12.6 Å². The van der Waals surface area contributed by atoms with Crippen LogP contribution in [0.5, 0.6) is 0 Å². The lowest BCUT2D eigenvalue weighted by molar-refractivity contribution is -0.146. The SMILES string of the molecule is COC(=O)C1CCCCC1S(=O)(=O)NCC[C@H]1CCCN1. The Hall–Kier alpha value is -0.660. The lowest BCUT2D eigenvalue weighted by atomic mass is 9.89. The number of ether oxygens (including phenoxy) is 1. The van der Waals surface area contributed by atoms with Gasteiger partial charge in [-0.15, -0.1) is 0 Å². The molecule has 0 aromatic carbocycles. The maximum Gasteiger partial charge on any atom is 0.310 e. The number of esters is 1. The summed E-state index contributed by atoms with van der Waals surface area (Å²) in [6.07, 6.45) is 5.94. The van der Waals surface area contributed by atoms with E-state index in [-0.39, 0.29) is 0 Å². The molecule has 0 aromatic rings. The zero-order chi connectivity index (χ0) is 15.3. The summed E-state index contributed by atoms with van der Waals surface area (Å²) in [6.45, 7) is 1.45. The van der Waals surface area contributed by atoms with E-state index in [4.69, 9.17) is 4.74 Å². The molecule has 1 saturated carbocycles. The van der Waals surface area contributed by atoms with Crippen LogP contribution in [0.1, 0.15) is 44.9 Å². The molecule has 0 radical (unpaired) electrons. The van der Waals surface area contributed by atoms with E-state index in [0.29, 0.717) is 25.4 Å². The number of hydrogen-bond acceptors (Lipinski definition) is 5. The molecule has 1 aliphatic heterocycles. The Labute approximate surface area is 127 Å².